The zero-order chi connectivity index (χ0) is 13.9. The maximum absolute atomic E-state index is 6.41. The Morgan fingerprint density at radius 2 is 1.80 bits per heavy atom. The quantitative estimate of drug-likeness (QED) is 0.925. The first-order valence-corrected chi connectivity index (χ1v) is 8.39. The second-order valence-electron chi connectivity index (χ2n) is 7.28. The van der Waals surface area contributed by atoms with Crippen LogP contribution in [0.15, 0.2) is 6.20 Å². The average Bonchev–Trinajstić information content (AvgIpc) is 2.73. The number of aromatic nitrogens is 2. The maximum atomic E-state index is 6.41. The number of hydrogen-bond acceptors (Lipinski definition) is 2. The van der Waals surface area contributed by atoms with Crippen LogP contribution in [0.4, 0.5) is 0 Å². The van der Waals surface area contributed by atoms with E-state index in [0.29, 0.717) is 6.04 Å². The van der Waals surface area contributed by atoms with E-state index in [-0.39, 0.29) is 0 Å². The van der Waals surface area contributed by atoms with E-state index in [1.54, 1.807) is 6.20 Å². The summed E-state index contributed by atoms with van der Waals surface area (Å²) in [5, 5.41) is 8.73. The lowest BCUT2D eigenvalue weighted by molar-refractivity contribution is -0.0525. The molecule has 3 nitrogen and oxygen atoms in total. The molecule has 0 aromatic carbocycles. The van der Waals surface area contributed by atoms with Gasteiger partial charge in [-0.05, 0) is 68.7 Å². The molecule has 110 valence electrons. The smallest absolute Gasteiger partial charge is 0.0834 e. The number of nitrogens with zero attached hydrogens (tertiary/aromatic N) is 2. The van der Waals surface area contributed by atoms with Gasteiger partial charge in [0.05, 0.1) is 23.0 Å². The summed E-state index contributed by atoms with van der Waals surface area (Å²) in [6.07, 6.45) is 9.10. The number of hydrogen-bond donors (Lipinski definition) is 1. The third kappa shape index (κ3) is 1.86. The van der Waals surface area contributed by atoms with Gasteiger partial charge in [0.1, 0.15) is 0 Å². The molecule has 0 saturated heterocycles. The Morgan fingerprint density at radius 1 is 1.20 bits per heavy atom. The highest BCUT2D eigenvalue weighted by molar-refractivity contribution is 6.31. The van der Waals surface area contributed by atoms with Crippen molar-refractivity contribution in [2.75, 3.05) is 7.05 Å². The lowest BCUT2D eigenvalue weighted by Gasteiger charge is -2.56. The molecule has 4 fully saturated rings. The van der Waals surface area contributed by atoms with Crippen LogP contribution in [0.3, 0.4) is 0 Å². The Labute approximate surface area is 126 Å². The van der Waals surface area contributed by atoms with Crippen LogP contribution in [0.2, 0.25) is 5.02 Å². The van der Waals surface area contributed by atoms with Gasteiger partial charge in [-0.3, -0.25) is 4.68 Å². The summed E-state index contributed by atoms with van der Waals surface area (Å²) in [6.45, 7) is 0. The largest absolute Gasteiger partial charge is 0.311 e. The zero-order valence-corrected chi connectivity index (χ0v) is 13.1. The first-order chi connectivity index (χ1) is 9.67. The maximum Gasteiger partial charge on any atom is 0.0834 e. The summed E-state index contributed by atoms with van der Waals surface area (Å²) < 4.78 is 1.97. The van der Waals surface area contributed by atoms with E-state index < -0.39 is 0 Å². The molecule has 1 N–H and O–H groups in total. The fraction of sp³-hybridized carbons (Fsp3) is 0.812. The molecule has 1 heterocycles. The highest BCUT2D eigenvalue weighted by atomic mass is 35.5. The van der Waals surface area contributed by atoms with Crippen LogP contribution in [0, 0.1) is 29.6 Å². The fourth-order valence-corrected chi connectivity index (χ4v) is 6.08. The molecule has 1 unspecified atom stereocenters. The van der Waals surface area contributed by atoms with Crippen LogP contribution >= 0.6 is 11.6 Å². The minimum absolute atomic E-state index is 0.366. The third-order valence-corrected chi connectivity index (χ3v) is 6.52. The first-order valence-electron chi connectivity index (χ1n) is 8.02. The molecule has 4 saturated carbocycles. The lowest BCUT2D eigenvalue weighted by Crippen LogP contribution is -2.49. The standard InChI is InChI=1S/C16H24ClN3/c1-18-15(16-13(17)8-19-20(16)2)14-11-4-9-3-10(6-11)7-12(14)5-9/h8-12,14-15,18H,3-7H2,1-2H3. The van der Waals surface area contributed by atoms with Gasteiger partial charge in [0.25, 0.3) is 0 Å². The van der Waals surface area contributed by atoms with Gasteiger partial charge in [0, 0.05) is 7.05 Å². The molecule has 1 aromatic heterocycles. The summed E-state index contributed by atoms with van der Waals surface area (Å²) >= 11 is 6.41. The van der Waals surface area contributed by atoms with Crippen LogP contribution in [-0.2, 0) is 7.05 Å². The van der Waals surface area contributed by atoms with Crippen molar-refractivity contribution in [3.05, 3.63) is 16.9 Å². The van der Waals surface area contributed by atoms with Crippen LogP contribution in [0.25, 0.3) is 0 Å². The molecule has 0 radical (unpaired) electrons. The molecule has 1 atom stereocenters. The highest BCUT2D eigenvalue weighted by Gasteiger charge is 2.51. The molecule has 0 aliphatic heterocycles. The summed E-state index contributed by atoms with van der Waals surface area (Å²) in [5.74, 6) is 4.59. The van der Waals surface area contributed by atoms with Crippen molar-refractivity contribution < 1.29 is 0 Å². The van der Waals surface area contributed by atoms with Gasteiger partial charge in [-0.25, -0.2) is 0 Å². The molecule has 20 heavy (non-hydrogen) atoms. The molecule has 4 bridgehead atoms. The van der Waals surface area contributed by atoms with Crippen molar-refractivity contribution in [2.24, 2.45) is 36.6 Å². The molecule has 4 aliphatic rings. The number of aryl methyl sites for hydroxylation is 1. The second-order valence-corrected chi connectivity index (χ2v) is 7.68. The summed E-state index contributed by atoms with van der Waals surface area (Å²) in [7, 11) is 4.10. The molecule has 4 heteroatoms. The van der Waals surface area contributed by atoms with E-state index in [4.69, 9.17) is 11.6 Å². The van der Waals surface area contributed by atoms with Crippen LogP contribution in [-0.4, -0.2) is 16.8 Å². The Kier molecular flexibility index (Phi) is 3.11. The average molecular weight is 294 g/mol. The Bertz CT molecular complexity index is 462. The van der Waals surface area contributed by atoms with Gasteiger partial charge in [0.15, 0.2) is 0 Å². The second kappa shape index (κ2) is 4.74. The summed E-state index contributed by atoms with van der Waals surface area (Å²) in [5.41, 5.74) is 1.19. The monoisotopic (exact) mass is 293 g/mol. The lowest BCUT2D eigenvalue weighted by atomic mass is 9.50. The highest BCUT2D eigenvalue weighted by Crippen LogP contribution is 2.59. The van der Waals surface area contributed by atoms with E-state index in [1.807, 2.05) is 11.7 Å². The molecular formula is C16H24ClN3. The molecule has 4 aliphatic carbocycles. The molecule has 5 rings (SSSR count). The molecule has 1 aromatic rings. The third-order valence-electron chi connectivity index (χ3n) is 6.23. The number of halogens is 1. The van der Waals surface area contributed by atoms with E-state index in [2.05, 4.69) is 17.5 Å². The van der Waals surface area contributed by atoms with Gasteiger partial charge < -0.3 is 5.32 Å². The van der Waals surface area contributed by atoms with Gasteiger partial charge in [-0.15, -0.1) is 0 Å². The topological polar surface area (TPSA) is 29.9 Å². The minimum atomic E-state index is 0.366. The summed E-state index contributed by atoms with van der Waals surface area (Å²) in [4.78, 5) is 0. The predicted molar refractivity (Wildman–Crippen MR) is 80.6 cm³/mol. The van der Waals surface area contributed by atoms with Crippen molar-refractivity contribution >= 4 is 11.6 Å². The first kappa shape index (κ1) is 13.1. The summed E-state index contributed by atoms with van der Waals surface area (Å²) in [6, 6.07) is 0.366. The predicted octanol–water partition coefficient (Wildman–Crippen LogP) is 3.41. The van der Waals surface area contributed by atoms with E-state index in [1.165, 1.54) is 37.8 Å². The van der Waals surface area contributed by atoms with Crippen molar-refractivity contribution in [3.8, 4) is 0 Å². The van der Waals surface area contributed by atoms with Gasteiger partial charge in [-0.1, -0.05) is 11.6 Å². The molecule has 0 amide bonds. The SMILES string of the molecule is CNC(c1c(Cl)cnn1C)C1C2CC3CC(C2)CC1C3. The molecule has 0 spiro atoms. The van der Waals surface area contributed by atoms with Crippen molar-refractivity contribution in [2.45, 2.75) is 38.1 Å². The van der Waals surface area contributed by atoms with Crippen molar-refractivity contribution in [3.63, 3.8) is 0 Å². The van der Waals surface area contributed by atoms with Crippen LogP contribution < -0.4 is 5.32 Å². The van der Waals surface area contributed by atoms with E-state index >= 15 is 0 Å². The Morgan fingerprint density at radius 3 is 2.25 bits per heavy atom. The van der Waals surface area contributed by atoms with Crippen LogP contribution in [0.1, 0.15) is 43.8 Å². The zero-order valence-electron chi connectivity index (χ0n) is 12.3. The van der Waals surface area contributed by atoms with Gasteiger partial charge in [0.2, 0.25) is 0 Å². The van der Waals surface area contributed by atoms with Crippen molar-refractivity contribution in [1.82, 2.24) is 15.1 Å². The van der Waals surface area contributed by atoms with Gasteiger partial charge in [-0.2, -0.15) is 5.10 Å². The Hall–Kier alpha value is -0.540. The molecular weight excluding hydrogens is 270 g/mol. The van der Waals surface area contributed by atoms with Crippen molar-refractivity contribution in [1.29, 1.82) is 0 Å². The Balaban J connectivity index is 1.68. The normalized spacial score (nSPS) is 40.2. The fourth-order valence-electron chi connectivity index (χ4n) is 5.79. The van der Waals surface area contributed by atoms with Gasteiger partial charge >= 0.3 is 0 Å². The number of nitrogens with one attached hydrogen (secondary N) is 1. The van der Waals surface area contributed by atoms with Crippen LogP contribution in [0.5, 0.6) is 0 Å². The van der Waals surface area contributed by atoms with E-state index in [9.17, 15) is 0 Å². The number of rotatable bonds is 3. The van der Waals surface area contributed by atoms with E-state index in [0.717, 1.165) is 34.6 Å². The minimum Gasteiger partial charge on any atom is -0.311 e.